The average Bonchev–Trinajstić information content (AvgIpc) is 2.66. The van der Waals surface area contributed by atoms with E-state index in [1.54, 1.807) is 0 Å². The summed E-state index contributed by atoms with van der Waals surface area (Å²) < 4.78 is 0. The fourth-order valence-electron chi connectivity index (χ4n) is 3.99. The van der Waals surface area contributed by atoms with Gasteiger partial charge in [-0.2, -0.15) is 0 Å². The predicted octanol–water partition coefficient (Wildman–Crippen LogP) is 7.86. The summed E-state index contributed by atoms with van der Waals surface area (Å²) in [6.45, 7) is 15.6. The van der Waals surface area contributed by atoms with Crippen LogP contribution in [0.15, 0.2) is 54.6 Å². The first-order valence-corrected chi connectivity index (χ1v) is 10.5. The normalized spacial score (nSPS) is 12.4. The third-order valence-electron chi connectivity index (χ3n) is 6.56. The summed E-state index contributed by atoms with van der Waals surface area (Å²) in [5.41, 5.74) is 12.6. The van der Waals surface area contributed by atoms with Crippen LogP contribution in [0.25, 0.3) is 0 Å². The van der Waals surface area contributed by atoms with Gasteiger partial charge in [0.2, 0.25) is 0 Å². The molecule has 146 valence electrons. The Morgan fingerprint density at radius 1 is 0.500 bits per heavy atom. The minimum atomic E-state index is 0.412. The molecule has 0 aromatic heterocycles. The quantitative estimate of drug-likeness (QED) is 0.429. The minimum absolute atomic E-state index is 0.412. The highest BCUT2D eigenvalue weighted by Crippen LogP contribution is 2.36. The summed E-state index contributed by atoms with van der Waals surface area (Å²) in [5.74, 6) is 0.919. The van der Waals surface area contributed by atoms with Crippen LogP contribution < -0.4 is 0 Å². The Labute approximate surface area is 171 Å². The molecule has 1 unspecified atom stereocenters. The van der Waals surface area contributed by atoms with Gasteiger partial charge in [0.15, 0.2) is 0 Å². The number of aryl methyl sites for hydroxylation is 6. The SMILES string of the molecule is Cc1ccc(C(C)CC(c2ccc(C)c(C)c2)c2ccc(C)c(C)c2)cc1C. The van der Waals surface area contributed by atoms with Crippen molar-refractivity contribution in [2.75, 3.05) is 0 Å². The van der Waals surface area contributed by atoms with Gasteiger partial charge in [0.1, 0.15) is 0 Å². The molecule has 1 atom stereocenters. The lowest BCUT2D eigenvalue weighted by molar-refractivity contribution is 0.615. The molecular formula is C28H34. The Kier molecular flexibility index (Phi) is 6.08. The van der Waals surface area contributed by atoms with Gasteiger partial charge in [0.05, 0.1) is 0 Å². The largest absolute Gasteiger partial charge is 0.0588 e. The third kappa shape index (κ3) is 4.38. The number of benzene rings is 3. The highest BCUT2D eigenvalue weighted by molar-refractivity contribution is 5.41. The van der Waals surface area contributed by atoms with Crippen molar-refractivity contribution in [2.45, 2.75) is 66.7 Å². The molecule has 0 aliphatic rings. The Hall–Kier alpha value is -2.34. The van der Waals surface area contributed by atoms with Crippen LogP contribution in [-0.4, -0.2) is 0 Å². The summed E-state index contributed by atoms with van der Waals surface area (Å²) in [6.07, 6.45) is 1.12. The highest BCUT2D eigenvalue weighted by atomic mass is 14.2. The van der Waals surface area contributed by atoms with Gasteiger partial charge in [-0.15, -0.1) is 0 Å². The van der Waals surface area contributed by atoms with E-state index in [9.17, 15) is 0 Å². The fourth-order valence-corrected chi connectivity index (χ4v) is 3.99. The van der Waals surface area contributed by atoms with Gasteiger partial charge >= 0.3 is 0 Å². The van der Waals surface area contributed by atoms with Crippen molar-refractivity contribution in [3.63, 3.8) is 0 Å². The highest BCUT2D eigenvalue weighted by Gasteiger charge is 2.20. The van der Waals surface area contributed by atoms with E-state index in [4.69, 9.17) is 0 Å². The van der Waals surface area contributed by atoms with E-state index in [1.165, 1.54) is 50.1 Å². The van der Waals surface area contributed by atoms with E-state index >= 15 is 0 Å². The first-order chi connectivity index (χ1) is 13.3. The van der Waals surface area contributed by atoms with Gasteiger partial charge in [-0.3, -0.25) is 0 Å². The standard InChI is InChI=1S/C28H34/c1-18-8-11-25(14-21(18)4)24(7)17-28(26-12-9-19(2)22(5)15-26)27-13-10-20(3)23(6)16-27/h8-16,24,28H,17H2,1-7H3. The third-order valence-corrected chi connectivity index (χ3v) is 6.56. The molecule has 0 spiro atoms. The molecule has 0 amide bonds. The Balaban J connectivity index is 2.00. The first kappa shape index (κ1) is 20.4. The topological polar surface area (TPSA) is 0 Å². The van der Waals surface area contributed by atoms with Crippen LogP contribution in [0.4, 0.5) is 0 Å². The van der Waals surface area contributed by atoms with Crippen molar-refractivity contribution in [1.29, 1.82) is 0 Å². The predicted molar refractivity (Wildman–Crippen MR) is 123 cm³/mol. The van der Waals surface area contributed by atoms with E-state index < -0.39 is 0 Å². The number of rotatable bonds is 5. The van der Waals surface area contributed by atoms with Crippen LogP contribution in [0.1, 0.15) is 75.3 Å². The molecule has 3 aromatic rings. The number of hydrogen-bond donors (Lipinski definition) is 0. The summed E-state index contributed by atoms with van der Waals surface area (Å²) in [5, 5.41) is 0. The maximum atomic E-state index is 2.39. The van der Waals surface area contributed by atoms with E-state index in [0.717, 1.165) is 6.42 Å². The second-order valence-corrected chi connectivity index (χ2v) is 8.72. The van der Waals surface area contributed by atoms with Crippen molar-refractivity contribution < 1.29 is 0 Å². The molecule has 0 radical (unpaired) electrons. The van der Waals surface area contributed by atoms with Gasteiger partial charge < -0.3 is 0 Å². The molecule has 3 aromatic carbocycles. The molecule has 0 saturated heterocycles. The molecule has 0 heterocycles. The van der Waals surface area contributed by atoms with Crippen molar-refractivity contribution in [2.24, 2.45) is 0 Å². The summed E-state index contributed by atoms with van der Waals surface area (Å²) in [6, 6.07) is 20.9. The van der Waals surface area contributed by atoms with Crippen LogP contribution >= 0.6 is 0 Å². The molecule has 0 nitrogen and oxygen atoms in total. The number of hydrogen-bond acceptors (Lipinski definition) is 0. The van der Waals surface area contributed by atoms with E-state index in [1.807, 2.05) is 0 Å². The molecule has 0 N–H and O–H groups in total. The van der Waals surface area contributed by atoms with Crippen LogP contribution in [0, 0.1) is 41.5 Å². The van der Waals surface area contributed by atoms with Crippen molar-refractivity contribution >= 4 is 0 Å². The van der Waals surface area contributed by atoms with E-state index in [0.29, 0.717) is 11.8 Å². The van der Waals surface area contributed by atoms with Crippen molar-refractivity contribution in [1.82, 2.24) is 0 Å². The molecule has 0 bridgehead atoms. The van der Waals surface area contributed by atoms with Crippen LogP contribution in [0.2, 0.25) is 0 Å². The zero-order chi connectivity index (χ0) is 20.4. The van der Waals surface area contributed by atoms with Crippen LogP contribution in [-0.2, 0) is 0 Å². The molecular weight excluding hydrogens is 336 g/mol. The second kappa shape index (κ2) is 8.35. The van der Waals surface area contributed by atoms with E-state index in [2.05, 4.69) is 103 Å². The lowest BCUT2D eigenvalue weighted by atomic mass is 9.80. The molecule has 0 aliphatic heterocycles. The van der Waals surface area contributed by atoms with Crippen molar-refractivity contribution in [3.8, 4) is 0 Å². The maximum Gasteiger partial charge on any atom is 0.00952 e. The van der Waals surface area contributed by atoms with Gasteiger partial charge in [-0.1, -0.05) is 61.5 Å². The lowest BCUT2D eigenvalue weighted by Crippen LogP contribution is -2.08. The molecule has 3 rings (SSSR count). The Morgan fingerprint density at radius 3 is 1.25 bits per heavy atom. The smallest absolute Gasteiger partial charge is 0.00952 e. The first-order valence-electron chi connectivity index (χ1n) is 10.5. The van der Waals surface area contributed by atoms with Gasteiger partial charge in [-0.05, 0) is 104 Å². The molecule has 28 heavy (non-hydrogen) atoms. The maximum absolute atomic E-state index is 2.39. The average molecular weight is 371 g/mol. The van der Waals surface area contributed by atoms with Gasteiger partial charge in [0, 0.05) is 5.92 Å². The Bertz CT molecular complexity index is 926. The molecule has 0 aliphatic carbocycles. The summed E-state index contributed by atoms with van der Waals surface area (Å²) in [4.78, 5) is 0. The van der Waals surface area contributed by atoms with E-state index in [-0.39, 0.29) is 0 Å². The molecule has 0 saturated carbocycles. The second-order valence-electron chi connectivity index (χ2n) is 8.72. The van der Waals surface area contributed by atoms with Crippen LogP contribution in [0.3, 0.4) is 0 Å². The summed E-state index contributed by atoms with van der Waals surface area (Å²) >= 11 is 0. The lowest BCUT2D eigenvalue weighted by Gasteiger charge is -2.24. The molecule has 0 fully saturated rings. The zero-order valence-corrected chi connectivity index (χ0v) is 18.6. The fraction of sp³-hybridized carbons (Fsp3) is 0.357. The molecule has 0 heteroatoms. The van der Waals surface area contributed by atoms with Crippen LogP contribution in [0.5, 0.6) is 0 Å². The van der Waals surface area contributed by atoms with Gasteiger partial charge in [-0.25, -0.2) is 0 Å². The Morgan fingerprint density at radius 2 is 0.857 bits per heavy atom. The van der Waals surface area contributed by atoms with Crippen molar-refractivity contribution in [3.05, 3.63) is 105 Å². The monoisotopic (exact) mass is 370 g/mol. The summed E-state index contributed by atoms with van der Waals surface area (Å²) in [7, 11) is 0. The minimum Gasteiger partial charge on any atom is -0.0588 e. The zero-order valence-electron chi connectivity index (χ0n) is 18.6. The van der Waals surface area contributed by atoms with Gasteiger partial charge in [0.25, 0.3) is 0 Å².